The molecule has 0 unspecified atom stereocenters. The molecule has 0 aromatic heterocycles. The van der Waals surface area contributed by atoms with Crippen molar-refractivity contribution in [1.29, 1.82) is 0 Å². The van der Waals surface area contributed by atoms with E-state index >= 15 is 0 Å². The molecule has 0 fully saturated rings. The molecule has 0 heterocycles. The molecular formula is C17H20ClNO2. The minimum atomic E-state index is 0.0387. The van der Waals surface area contributed by atoms with Crippen LogP contribution in [0.5, 0.6) is 11.5 Å². The molecule has 2 aromatic carbocycles. The zero-order valence-electron chi connectivity index (χ0n) is 12.5. The van der Waals surface area contributed by atoms with E-state index in [-0.39, 0.29) is 6.10 Å². The number of halogens is 1. The molecule has 2 aromatic rings. The smallest absolute Gasteiger partial charge is 0.120 e. The summed E-state index contributed by atoms with van der Waals surface area (Å²) in [5, 5.41) is 4.09. The largest absolute Gasteiger partial charge is 0.497 e. The predicted octanol–water partition coefficient (Wildman–Crippen LogP) is 4.54. The molecule has 1 atom stereocenters. The van der Waals surface area contributed by atoms with E-state index in [9.17, 15) is 0 Å². The summed E-state index contributed by atoms with van der Waals surface area (Å²) in [4.78, 5) is 0. The third-order valence-electron chi connectivity index (χ3n) is 3.18. The summed E-state index contributed by atoms with van der Waals surface area (Å²) >= 11 is 6.01. The van der Waals surface area contributed by atoms with Crippen molar-refractivity contribution in [3.8, 4) is 11.5 Å². The molecule has 0 amide bonds. The molecule has 2 rings (SSSR count). The van der Waals surface area contributed by atoms with Crippen LogP contribution in [-0.4, -0.2) is 19.8 Å². The minimum absolute atomic E-state index is 0.0387. The van der Waals surface area contributed by atoms with Crippen LogP contribution >= 0.6 is 11.6 Å². The van der Waals surface area contributed by atoms with E-state index in [1.165, 1.54) is 0 Å². The maximum atomic E-state index is 6.01. The first-order valence-corrected chi connectivity index (χ1v) is 7.27. The highest BCUT2D eigenvalue weighted by Crippen LogP contribution is 2.21. The first-order chi connectivity index (χ1) is 10.1. The Morgan fingerprint density at radius 2 is 1.76 bits per heavy atom. The van der Waals surface area contributed by atoms with Gasteiger partial charge in [0, 0.05) is 10.7 Å². The third-order valence-corrected chi connectivity index (χ3v) is 3.41. The summed E-state index contributed by atoms with van der Waals surface area (Å²) in [6, 6.07) is 13.4. The quantitative estimate of drug-likeness (QED) is 0.850. The zero-order valence-corrected chi connectivity index (χ0v) is 13.3. The molecule has 0 bridgehead atoms. The van der Waals surface area contributed by atoms with E-state index in [0.29, 0.717) is 6.54 Å². The van der Waals surface area contributed by atoms with Crippen molar-refractivity contribution in [2.24, 2.45) is 0 Å². The lowest BCUT2D eigenvalue weighted by molar-refractivity contribution is 0.234. The Hall–Kier alpha value is -1.87. The van der Waals surface area contributed by atoms with Gasteiger partial charge in [0.2, 0.25) is 0 Å². The highest BCUT2D eigenvalue weighted by Gasteiger charge is 2.06. The SMILES string of the molecule is COc1ccc(O[C@H](C)CNc2cc(Cl)ccc2C)cc1. The fourth-order valence-corrected chi connectivity index (χ4v) is 2.14. The Labute approximate surface area is 130 Å². The summed E-state index contributed by atoms with van der Waals surface area (Å²) in [7, 11) is 1.65. The van der Waals surface area contributed by atoms with E-state index in [1.54, 1.807) is 7.11 Å². The standard InChI is InChI=1S/C17H20ClNO2/c1-12-4-5-14(18)10-17(12)19-11-13(2)21-16-8-6-15(20-3)7-9-16/h4-10,13,19H,11H2,1-3H3/t13-/m1/s1. The molecule has 3 nitrogen and oxygen atoms in total. The summed E-state index contributed by atoms with van der Waals surface area (Å²) in [6.07, 6.45) is 0.0387. The first kappa shape index (κ1) is 15.5. The van der Waals surface area contributed by atoms with Crippen molar-refractivity contribution < 1.29 is 9.47 Å². The van der Waals surface area contributed by atoms with E-state index in [1.807, 2.05) is 56.3 Å². The molecule has 0 aliphatic rings. The number of ether oxygens (including phenoxy) is 2. The molecular weight excluding hydrogens is 286 g/mol. The molecule has 0 aliphatic carbocycles. The van der Waals surface area contributed by atoms with Crippen LogP contribution in [0, 0.1) is 6.92 Å². The van der Waals surface area contributed by atoms with Crippen LogP contribution in [0.4, 0.5) is 5.69 Å². The fourth-order valence-electron chi connectivity index (χ4n) is 1.97. The second-order valence-corrected chi connectivity index (χ2v) is 5.38. The number of rotatable bonds is 6. The Bertz CT molecular complexity index is 584. The number of aryl methyl sites for hydroxylation is 1. The second kappa shape index (κ2) is 7.23. The van der Waals surface area contributed by atoms with E-state index < -0.39 is 0 Å². The van der Waals surface area contributed by atoms with Crippen molar-refractivity contribution in [2.45, 2.75) is 20.0 Å². The first-order valence-electron chi connectivity index (χ1n) is 6.89. The van der Waals surface area contributed by atoms with Gasteiger partial charge in [-0.25, -0.2) is 0 Å². The molecule has 0 saturated heterocycles. The Balaban J connectivity index is 1.89. The Morgan fingerprint density at radius 1 is 1.10 bits per heavy atom. The summed E-state index contributed by atoms with van der Waals surface area (Å²) in [5.41, 5.74) is 2.20. The van der Waals surface area contributed by atoms with Crippen molar-refractivity contribution in [2.75, 3.05) is 19.0 Å². The van der Waals surface area contributed by atoms with Crippen LogP contribution in [0.2, 0.25) is 5.02 Å². The van der Waals surface area contributed by atoms with Crippen LogP contribution in [-0.2, 0) is 0 Å². The molecule has 0 spiro atoms. The monoisotopic (exact) mass is 305 g/mol. The van der Waals surface area contributed by atoms with Crippen LogP contribution < -0.4 is 14.8 Å². The number of nitrogens with one attached hydrogen (secondary N) is 1. The molecule has 4 heteroatoms. The van der Waals surface area contributed by atoms with Gasteiger partial charge in [0.1, 0.15) is 17.6 Å². The van der Waals surface area contributed by atoms with Gasteiger partial charge in [-0.3, -0.25) is 0 Å². The van der Waals surface area contributed by atoms with Gasteiger partial charge in [-0.05, 0) is 55.8 Å². The molecule has 0 aliphatic heterocycles. The summed E-state index contributed by atoms with van der Waals surface area (Å²) in [5.74, 6) is 1.65. The van der Waals surface area contributed by atoms with E-state index in [0.717, 1.165) is 27.8 Å². The number of anilines is 1. The second-order valence-electron chi connectivity index (χ2n) is 4.94. The van der Waals surface area contributed by atoms with Gasteiger partial charge in [-0.2, -0.15) is 0 Å². The molecule has 112 valence electrons. The minimum Gasteiger partial charge on any atom is -0.497 e. The van der Waals surface area contributed by atoms with Gasteiger partial charge in [-0.15, -0.1) is 0 Å². The molecule has 1 N–H and O–H groups in total. The van der Waals surface area contributed by atoms with Crippen LogP contribution in [0.1, 0.15) is 12.5 Å². The topological polar surface area (TPSA) is 30.5 Å². The van der Waals surface area contributed by atoms with Crippen molar-refractivity contribution >= 4 is 17.3 Å². The van der Waals surface area contributed by atoms with E-state index in [2.05, 4.69) is 5.32 Å². The lowest BCUT2D eigenvalue weighted by atomic mass is 10.2. The van der Waals surface area contributed by atoms with Crippen LogP contribution in [0.15, 0.2) is 42.5 Å². The Morgan fingerprint density at radius 3 is 2.43 bits per heavy atom. The maximum absolute atomic E-state index is 6.01. The number of hydrogen-bond donors (Lipinski definition) is 1. The lowest BCUT2D eigenvalue weighted by Gasteiger charge is -2.17. The van der Waals surface area contributed by atoms with Crippen LogP contribution in [0.3, 0.4) is 0 Å². The van der Waals surface area contributed by atoms with Gasteiger partial charge in [0.05, 0.1) is 13.7 Å². The fraction of sp³-hybridized carbons (Fsp3) is 0.294. The average molecular weight is 306 g/mol. The van der Waals surface area contributed by atoms with Crippen LogP contribution in [0.25, 0.3) is 0 Å². The number of methoxy groups -OCH3 is 1. The third kappa shape index (κ3) is 4.57. The Kier molecular flexibility index (Phi) is 5.34. The average Bonchev–Trinajstić information content (AvgIpc) is 2.49. The number of hydrogen-bond acceptors (Lipinski definition) is 3. The van der Waals surface area contributed by atoms with Crippen molar-refractivity contribution in [3.63, 3.8) is 0 Å². The zero-order chi connectivity index (χ0) is 15.2. The maximum Gasteiger partial charge on any atom is 0.120 e. The molecule has 0 saturated carbocycles. The van der Waals surface area contributed by atoms with Crippen molar-refractivity contribution in [3.05, 3.63) is 53.1 Å². The van der Waals surface area contributed by atoms with Crippen molar-refractivity contribution in [1.82, 2.24) is 0 Å². The van der Waals surface area contributed by atoms with E-state index in [4.69, 9.17) is 21.1 Å². The van der Waals surface area contributed by atoms with Gasteiger partial charge >= 0.3 is 0 Å². The van der Waals surface area contributed by atoms with Gasteiger partial charge in [0.25, 0.3) is 0 Å². The normalized spacial score (nSPS) is 11.8. The highest BCUT2D eigenvalue weighted by molar-refractivity contribution is 6.30. The number of benzene rings is 2. The summed E-state index contributed by atoms with van der Waals surface area (Å²) in [6.45, 7) is 4.78. The summed E-state index contributed by atoms with van der Waals surface area (Å²) < 4.78 is 11.0. The highest BCUT2D eigenvalue weighted by atomic mass is 35.5. The van der Waals surface area contributed by atoms with Gasteiger partial charge < -0.3 is 14.8 Å². The van der Waals surface area contributed by atoms with Gasteiger partial charge in [-0.1, -0.05) is 17.7 Å². The molecule has 0 radical (unpaired) electrons. The predicted molar refractivity (Wildman–Crippen MR) is 87.8 cm³/mol. The molecule has 21 heavy (non-hydrogen) atoms. The van der Waals surface area contributed by atoms with Gasteiger partial charge in [0.15, 0.2) is 0 Å². The lowest BCUT2D eigenvalue weighted by Crippen LogP contribution is -2.22.